The Labute approximate surface area is 173 Å². The summed E-state index contributed by atoms with van der Waals surface area (Å²) in [5.74, 6) is -0.622. The molecule has 1 amide bonds. The highest BCUT2D eigenvalue weighted by atomic mass is 32.2. The number of ether oxygens (including phenoxy) is 1. The van der Waals surface area contributed by atoms with Crippen LogP contribution >= 0.6 is 11.8 Å². The Morgan fingerprint density at radius 3 is 2.48 bits per heavy atom. The normalized spacial score (nSPS) is 16.6. The number of amides is 1. The first kappa shape index (κ1) is 20.7. The number of carbonyl (C=O) groups is 2. The Morgan fingerprint density at radius 2 is 1.86 bits per heavy atom. The largest absolute Gasteiger partial charge is 0.482 e. The number of carbonyl (C=O) groups excluding carboxylic acids is 1. The van der Waals surface area contributed by atoms with Gasteiger partial charge in [-0.3, -0.25) is 9.69 Å². The summed E-state index contributed by atoms with van der Waals surface area (Å²) in [5, 5.41) is 9.34. The molecule has 6 nitrogen and oxygen atoms in total. The molecule has 1 fully saturated rings. The zero-order valence-electron chi connectivity index (χ0n) is 16.3. The second-order valence-corrected chi connectivity index (χ2v) is 7.56. The van der Waals surface area contributed by atoms with Crippen LogP contribution in [0.5, 0.6) is 5.75 Å². The minimum Gasteiger partial charge on any atom is -0.482 e. The Kier molecular flexibility index (Phi) is 6.72. The molecule has 0 radical (unpaired) electrons. The van der Waals surface area contributed by atoms with Crippen LogP contribution in [0, 0.1) is 6.92 Å². The number of aliphatic carboxylic acids is 1. The second-order valence-electron chi connectivity index (χ2n) is 6.55. The maximum absolute atomic E-state index is 12.9. The summed E-state index contributed by atoms with van der Waals surface area (Å²) in [6, 6.07) is 14.8. The minimum absolute atomic E-state index is 0.0612. The Hall–Kier alpha value is -3.06. The molecule has 2 aromatic carbocycles. The molecule has 1 heterocycles. The van der Waals surface area contributed by atoms with Gasteiger partial charge in [-0.1, -0.05) is 36.8 Å². The van der Waals surface area contributed by atoms with Gasteiger partial charge in [0.05, 0.1) is 10.6 Å². The monoisotopic (exact) mass is 410 g/mol. The van der Waals surface area contributed by atoms with E-state index < -0.39 is 5.97 Å². The van der Waals surface area contributed by atoms with E-state index in [9.17, 15) is 9.59 Å². The van der Waals surface area contributed by atoms with Crippen LogP contribution in [0.25, 0.3) is 6.08 Å². The fraction of sp³-hybridized carbons (Fsp3) is 0.227. The van der Waals surface area contributed by atoms with Crippen molar-refractivity contribution in [3.05, 3.63) is 64.6 Å². The molecule has 1 N–H and O–H groups in total. The van der Waals surface area contributed by atoms with Crippen LogP contribution in [-0.2, 0) is 9.59 Å². The highest BCUT2D eigenvalue weighted by molar-refractivity contribution is 8.18. The molecule has 1 saturated heterocycles. The number of aliphatic imine (C=N–C) groups is 1. The summed E-state index contributed by atoms with van der Waals surface area (Å²) in [5.41, 5.74) is 2.80. The summed E-state index contributed by atoms with van der Waals surface area (Å²) in [6.07, 6.45) is 2.65. The molecule has 2 aromatic rings. The molecule has 0 bridgehead atoms. The lowest BCUT2D eigenvalue weighted by atomic mass is 10.2. The van der Waals surface area contributed by atoms with Gasteiger partial charge >= 0.3 is 5.97 Å². The van der Waals surface area contributed by atoms with E-state index >= 15 is 0 Å². The number of amidine groups is 1. The second kappa shape index (κ2) is 9.43. The topological polar surface area (TPSA) is 79.2 Å². The van der Waals surface area contributed by atoms with E-state index in [0.717, 1.165) is 23.2 Å². The molecule has 150 valence electrons. The zero-order valence-corrected chi connectivity index (χ0v) is 17.1. The number of rotatable bonds is 7. The van der Waals surface area contributed by atoms with Crippen LogP contribution in [0.15, 0.2) is 58.4 Å². The van der Waals surface area contributed by atoms with Crippen LogP contribution in [0.2, 0.25) is 0 Å². The third-order valence-corrected chi connectivity index (χ3v) is 5.14. The number of nitrogens with zero attached hydrogens (tertiary/aromatic N) is 2. The van der Waals surface area contributed by atoms with Gasteiger partial charge in [0.2, 0.25) is 0 Å². The van der Waals surface area contributed by atoms with Crippen molar-refractivity contribution in [2.45, 2.75) is 20.3 Å². The van der Waals surface area contributed by atoms with Gasteiger partial charge in [-0.15, -0.1) is 0 Å². The minimum atomic E-state index is -1.03. The Balaban J connectivity index is 1.81. The SMILES string of the molecule is CCCN1C(=O)/C(=C\c2ccc(OCC(=O)O)cc2)SC1=Nc1ccc(C)cc1. The van der Waals surface area contributed by atoms with Gasteiger partial charge in [-0.25, -0.2) is 9.79 Å². The van der Waals surface area contributed by atoms with Crippen molar-refractivity contribution in [1.29, 1.82) is 0 Å². The fourth-order valence-corrected chi connectivity index (χ4v) is 3.72. The van der Waals surface area contributed by atoms with E-state index in [1.54, 1.807) is 29.2 Å². The van der Waals surface area contributed by atoms with Gasteiger partial charge in [-0.05, 0) is 61.0 Å². The van der Waals surface area contributed by atoms with Crippen molar-refractivity contribution in [3.63, 3.8) is 0 Å². The molecule has 3 rings (SSSR count). The predicted octanol–water partition coefficient (Wildman–Crippen LogP) is 4.47. The molecular formula is C22H22N2O4S. The number of thioether (sulfide) groups is 1. The van der Waals surface area contributed by atoms with Crippen LogP contribution in [0.3, 0.4) is 0 Å². The lowest BCUT2D eigenvalue weighted by Gasteiger charge is -2.13. The van der Waals surface area contributed by atoms with Crippen molar-refractivity contribution < 1.29 is 19.4 Å². The molecule has 7 heteroatoms. The molecule has 0 saturated carbocycles. The number of hydrogen-bond acceptors (Lipinski definition) is 5. The Morgan fingerprint density at radius 1 is 1.17 bits per heavy atom. The van der Waals surface area contributed by atoms with Crippen molar-refractivity contribution in [2.24, 2.45) is 4.99 Å². The number of benzene rings is 2. The summed E-state index contributed by atoms with van der Waals surface area (Å²) in [4.78, 5) is 30.4. The van der Waals surface area contributed by atoms with Crippen molar-refractivity contribution in [2.75, 3.05) is 13.2 Å². The van der Waals surface area contributed by atoms with Crippen molar-refractivity contribution >= 4 is 40.6 Å². The van der Waals surface area contributed by atoms with E-state index in [1.165, 1.54) is 11.8 Å². The summed E-state index contributed by atoms with van der Waals surface area (Å²) >= 11 is 1.36. The quantitative estimate of drug-likeness (QED) is 0.681. The molecule has 1 aliphatic heterocycles. The van der Waals surface area contributed by atoms with Crippen molar-refractivity contribution in [1.82, 2.24) is 4.90 Å². The molecular weight excluding hydrogens is 388 g/mol. The zero-order chi connectivity index (χ0) is 20.8. The highest BCUT2D eigenvalue weighted by Crippen LogP contribution is 2.34. The molecule has 1 aliphatic rings. The Bertz CT molecular complexity index is 950. The van der Waals surface area contributed by atoms with Gasteiger partial charge in [0.15, 0.2) is 11.8 Å². The lowest BCUT2D eigenvalue weighted by molar-refractivity contribution is -0.139. The lowest BCUT2D eigenvalue weighted by Crippen LogP contribution is -2.29. The third-order valence-electron chi connectivity index (χ3n) is 4.13. The van der Waals surface area contributed by atoms with E-state index in [1.807, 2.05) is 44.2 Å². The van der Waals surface area contributed by atoms with E-state index in [0.29, 0.717) is 22.4 Å². The molecule has 29 heavy (non-hydrogen) atoms. The van der Waals surface area contributed by atoms with E-state index in [2.05, 4.69) is 4.99 Å². The average Bonchev–Trinajstić information content (AvgIpc) is 2.98. The molecule has 0 spiro atoms. The number of carboxylic acid groups (broad SMARTS) is 1. The smallest absolute Gasteiger partial charge is 0.341 e. The maximum Gasteiger partial charge on any atom is 0.341 e. The first-order valence-corrected chi connectivity index (χ1v) is 10.1. The van der Waals surface area contributed by atoms with E-state index in [-0.39, 0.29) is 12.5 Å². The number of carboxylic acids is 1. The molecule has 0 unspecified atom stereocenters. The molecule has 0 atom stereocenters. The number of aryl methyl sites for hydroxylation is 1. The molecule has 0 aromatic heterocycles. The van der Waals surface area contributed by atoms with Crippen LogP contribution in [0.4, 0.5) is 5.69 Å². The van der Waals surface area contributed by atoms with Gasteiger partial charge < -0.3 is 9.84 Å². The predicted molar refractivity (Wildman–Crippen MR) is 115 cm³/mol. The third kappa shape index (κ3) is 5.48. The van der Waals surface area contributed by atoms with Crippen LogP contribution in [0.1, 0.15) is 24.5 Å². The molecule has 0 aliphatic carbocycles. The highest BCUT2D eigenvalue weighted by Gasteiger charge is 2.32. The van der Waals surface area contributed by atoms with Gasteiger partial charge in [-0.2, -0.15) is 0 Å². The first-order chi connectivity index (χ1) is 14.0. The van der Waals surface area contributed by atoms with Crippen LogP contribution in [-0.4, -0.2) is 40.2 Å². The summed E-state index contributed by atoms with van der Waals surface area (Å²) in [6.45, 7) is 4.27. The summed E-state index contributed by atoms with van der Waals surface area (Å²) < 4.78 is 5.13. The summed E-state index contributed by atoms with van der Waals surface area (Å²) in [7, 11) is 0. The average molecular weight is 410 g/mol. The number of hydrogen-bond donors (Lipinski definition) is 1. The fourth-order valence-electron chi connectivity index (χ4n) is 2.70. The van der Waals surface area contributed by atoms with Crippen LogP contribution < -0.4 is 4.74 Å². The van der Waals surface area contributed by atoms with E-state index in [4.69, 9.17) is 9.84 Å². The van der Waals surface area contributed by atoms with Gasteiger partial charge in [0, 0.05) is 6.54 Å². The van der Waals surface area contributed by atoms with Gasteiger partial charge in [0.25, 0.3) is 5.91 Å². The maximum atomic E-state index is 12.9. The van der Waals surface area contributed by atoms with Gasteiger partial charge in [0.1, 0.15) is 5.75 Å². The standard InChI is InChI=1S/C22H22N2O4S/c1-3-12-24-21(27)19(29-22(24)23-17-8-4-15(2)5-9-17)13-16-6-10-18(11-7-16)28-14-20(25)26/h4-11,13H,3,12,14H2,1-2H3,(H,25,26)/b19-13+,23-22?. The van der Waals surface area contributed by atoms with Crippen molar-refractivity contribution in [3.8, 4) is 5.75 Å². The first-order valence-electron chi connectivity index (χ1n) is 9.27.